The molecule has 0 fully saturated rings. The molecule has 0 aliphatic heterocycles. The number of aromatic nitrogens is 3. The Labute approximate surface area is 150 Å². The van der Waals surface area contributed by atoms with E-state index in [4.69, 9.17) is 5.73 Å². The number of hydrogen-bond donors (Lipinski definition) is 4. The third-order valence-corrected chi connectivity index (χ3v) is 3.63. The highest BCUT2D eigenvalue weighted by Crippen LogP contribution is 2.24. The molecule has 2 heterocycles. The highest BCUT2D eigenvalue weighted by molar-refractivity contribution is 5.95. The van der Waals surface area contributed by atoms with Gasteiger partial charge in [-0.2, -0.15) is 0 Å². The Morgan fingerprint density at radius 3 is 2.46 bits per heavy atom. The molecular formula is C18H19N7O. The van der Waals surface area contributed by atoms with Gasteiger partial charge < -0.3 is 11.1 Å². The normalized spacial score (nSPS) is 10.2. The minimum absolute atomic E-state index is 0.264. The van der Waals surface area contributed by atoms with Crippen LogP contribution in [-0.4, -0.2) is 20.9 Å². The van der Waals surface area contributed by atoms with E-state index in [9.17, 15) is 4.79 Å². The van der Waals surface area contributed by atoms with Crippen molar-refractivity contribution in [2.45, 2.75) is 13.8 Å². The zero-order valence-corrected chi connectivity index (χ0v) is 14.4. The molecule has 2 aromatic heterocycles. The van der Waals surface area contributed by atoms with Crippen LogP contribution < -0.4 is 21.9 Å². The molecule has 3 aromatic rings. The second kappa shape index (κ2) is 7.47. The van der Waals surface area contributed by atoms with E-state index in [-0.39, 0.29) is 17.4 Å². The first-order valence-electron chi connectivity index (χ1n) is 7.97. The average Bonchev–Trinajstić information content (AvgIpc) is 2.63. The standard InChI is InChI=1S/C18H19N7O/c1-11-6-8-13(9-7-11)18(26)25-24-17-15(19)16(20-10-21-17)23-14-5-3-4-12(2)22-14/h3-10H,19H2,1-2H3,(H,25,26)(H2,20,21,22,23,24). The molecule has 0 aliphatic rings. The van der Waals surface area contributed by atoms with Crippen molar-refractivity contribution in [3.05, 3.63) is 65.6 Å². The van der Waals surface area contributed by atoms with Gasteiger partial charge in [-0.25, -0.2) is 15.0 Å². The fourth-order valence-electron chi connectivity index (χ4n) is 2.22. The van der Waals surface area contributed by atoms with E-state index in [1.165, 1.54) is 6.33 Å². The van der Waals surface area contributed by atoms with E-state index in [2.05, 4.69) is 31.1 Å². The number of nitrogens with two attached hydrogens (primary N) is 1. The highest BCUT2D eigenvalue weighted by atomic mass is 16.2. The lowest BCUT2D eigenvalue weighted by Crippen LogP contribution is -2.30. The number of anilines is 4. The molecule has 0 radical (unpaired) electrons. The Morgan fingerprint density at radius 1 is 1.00 bits per heavy atom. The van der Waals surface area contributed by atoms with Gasteiger partial charge in [-0.3, -0.25) is 15.6 Å². The first-order chi connectivity index (χ1) is 12.5. The number of rotatable bonds is 5. The average molecular weight is 349 g/mol. The molecule has 0 saturated carbocycles. The number of amides is 1. The van der Waals surface area contributed by atoms with Crippen molar-refractivity contribution in [1.82, 2.24) is 20.4 Å². The molecule has 0 saturated heterocycles. The summed E-state index contributed by atoms with van der Waals surface area (Å²) in [6, 6.07) is 12.8. The molecule has 8 nitrogen and oxygen atoms in total. The van der Waals surface area contributed by atoms with Gasteiger partial charge >= 0.3 is 0 Å². The quantitative estimate of drug-likeness (QED) is 0.523. The van der Waals surface area contributed by atoms with Gasteiger partial charge in [-0.15, -0.1) is 0 Å². The molecule has 3 rings (SSSR count). The predicted molar refractivity (Wildman–Crippen MR) is 101 cm³/mol. The number of pyridine rings is 1. The number of benzene rings is 1. The molecule has 1 aromatic carbocycles. The lowest BCUT2D eigenvalue weighted by molar-refractivity contribution is 0.0962. The summed E-state index contributed by atoms with van der Waals surface area (Å²) >= 11 is 0. The monoisotopic (exact) mass is 349 g/mol. The summed E-state index contributed by atoms with van der Waals surface area (Å²) in [4.78, 5) is 24.7. The number of hydrazine groups is 1. The van der Waals surface area contributed by atoms with Crippen LogP contribution in [0.2, 0.25) is 0 Å². The van der Waals surface area contributed by atoms with Gasteiger partial charge in [0, 0.05) is 11.3 Å². The number of nitrogens with zero attached hydrogens (tertiary/aromatic N) is 3. The van der Waals surface area contributed by atoms with E-state index in [1.54, 1.807) is 18.2 Å². The van der Waals surface area contributed by atoms with Gasteiger partial charge in [-0.1, -0.05) is 23.8 Å². The molecule has 1 amide bonds. The van der Waals surface area contributed by atoms with Crippen LogP contribution in [0.25, 0.3) is 0 Å². The van der Waals surface area contributed by atoms with Crippen LogP contribution >= 0.6 is 0 Å². The highest BCUT2D eigenvalue weighted by Gasteiger charge is 2.11. The van der Waals surface area contributed by atoms with Crippen LogP contribution in [-0.2, 0) is 0 Å². The number of hydrogen-bond acceptors (Lipinski definition) is 7. The third kappa shape index (κ3) is 4.04. The maximum Gasteiger partial charge on any atom is 0.269 e. The predicted octanol–water partition coefficient (Wildman–Crippen LogP) is 2.57. The Hall–Kier alpha value is -3.68. The molecule has 8 heteroatoms. The van der Waals surface area contributed by atoms with E-state index >= 15 is 0 Å². The van der Waals surface area contributed by atoms with Crippen molar-refractivity contribution in [3.63, 3.8) is 0 Å². The number of carbonyl (C=O) groups is 1. The van der Waals surface area contributed by atoms with E-state index in [1.807, 2.05) is 38.1 Å². The topological polar surface area (TPSA) is 118 Å². The largest absolute Gasteiger partial charge is 0.393 e. The minimum Gasteiger partial charge on any atom is -0.393 e. The maximum atomic E-state index is 12.2. The van der Waals surface area contributed by atoms with Gasteiger partial charge in [0.1, 0.15) is 17.8 Å². The molecular weight excluding hydrogens is 330 g/mol. The van der Waals surface area contributed by atoms with Gasteiger partial charge in [-0.05, 0) is 38.1 Å². The SMILES string of the molecule is Cc1ccc(C(=O)NNc2ncnc(Nc3cccc(C)n3)c2N)cc1. The number of nitrogen functional groups attached to an aromatic ring is 1. The van der Waals surface area contributed by atoms with Crippen LogP contribution in [0.1, 0.15) is 21.6 Å². The summed E-state index contributed by atoms with van der Waals surface area (Å²) in [6.45, 7) is 3.85. The summed E-state index contributed by atoms with van der Waals surface area (Å²) < 4.78 is 0. The van der Waals surface area contributed by atoms with Crippen molar-refractivity contribution in [3.8, 4) is 0 Å². The lowest BCUT2D eigenvalue weighted by atomic mass is 10.1. The zero-order chi connectivity index (χ0) is 18.5. The molecule has 0 aliphatic carbocycles. The van der Waals surface area contributed by atoms with E-state index in [0.29, 0.717) is 17.2 Å². The summed E-state index contributed by atoms with van der Waals surface area (Å²) in [5.41, 5.74) is 14.1. The molecule has 0 spiro atoms. The van der Waals surface area contributed by atoms with Crippen molar-refractivity contribution < 1.29 is 4.79 Å². The summed E-state index contributed by atoms with van der Waals surface area (Å²) in [6.07, 6.45) is 1.34. The Balaban J connectivity index is 1.70. The van der Waals surface area contributed by atoms with Gasteiger partial charge in [0.2, 0.25) is 0 Å². The minimum atomic E-state index is -0.294. The first kappa shape index (κ1) is 17.2. The van der Waals surface area contributed by atoms with Crippen LogP contribution in [0, 0.1) is 13.8 Å². The Morgan fingerprint density at radius 2 is 1.73 bits per heavy atom. The van der Waals surface area contributed by atoms with Crippen molar-refractivity contribution in [2.75, 3.05) is 16.5 Å². The van der Waals surface area contributed by atoms with Crippen molar-refractivity contribution in [1.29, 1.82) is 0 Å². The maximum absolute atomic E-state index is 12.2. The Kier molecular flexibility index (Phi) is 4.93. The Bertz CT molecular complexity index is 925. The molecule has 132 valence electrons. The molecule has 0 bridgehead atoms. The second-order valence-electron chi connectivity index (χ2n) is 5.72. The molecule has 5 N–H and O–H groups in total. The fourth-order valence-corrected chi connectivity index (χ4v) is 2.22. The smallest absolute Gasteiger partial charge is 0.269 e. The lowest BCUT2D eigenvalue weighted by Gasteiger charge is -2.13. The van der Waals surface area contributed by atoms with Crippen LogP contribution in [0.4, 0.5) is 23.1 Å². The fraction of sp³-hybridized carbons (Fsp3) is 0.111. The molecule has 26 heavy (non-hydrogen) atoms. The summed E-state index contributed by atoms with van der Waals surface area (Å²) in [5, 5.41) is 3.04. The van der Waals surface area contributed by atoms with E-state index < -0.39 is 0 Å². The summed E-state index contributed by atoms with van der Waals surface area (Å²) in [5.74, 6) is 1.00. The van der Waals surface area contributed by atoms with Crippen LogP contribution in [0.15, 0.2) is 48.8 Å². The van der Waals surface area contributed by atoms with Gasteiger partial charge in [0.15, 0.2) is 11.6 Å². The van der Waals surface area contributed by atoms with E-state index in [0.717, 1.165) is 11.3 Å². The van der Waals surface area contributed by atoms with Crippen molar-refractivity contribution in [2.24, 2.45) is 0 Å². The van der Waals surface area contributed by atoms with Gasteiger partial charge in [0.25, 0.3) is 5.91 Å². The zero-order valence-electron chi connectivity index (χ0n) is 14.4. The van der Waals surface area contributed by atoms with Gasteiger partial charge in [0.05, 0.1) is 0 Å². The van der Waals surface area contributed by atoms with Crippen LogP contribution in [0.5, 0.6) is 0 Å². The first-order valence-corrected chi connectivity index (χ1v) is 7.97. The number of nitrogens with one attached hydrogen (secondary N) is 3. The number of carbonyl (C=O) groups excluding carboxylic acids is 1. The second-order valence-corrected chi connectivity index (χ2v) is 5.72. The third-order valence-electron chi connectivity index (χ3n) is 3.63. The number of aryl methyl sites for hydroxylation is 2. The van der Waals surface area contributed by atoms with Crippen LogP contribution in [0.3, 0.4) is 0 Å². The summed E-state index contributed by atoms with van der Waals surface area (Å²) in [7, 11) is 0. The van der Waals surface area contributed by atoms with Crippen molar-refractivity contribution >= 4 is 29.0 Å². The molecule has 0 unspecified atom stereocenters. The molecule has 0 atom stereocenters.